The second-order valence-corrected chi connectivity index (χ2v) is 29.0. The minimum Gasteiger partial charge on any atom is -1.00 e. The van der Waals surface area contributed by atoms with Gasteiger partial charge in [-0.2, -0.15) is 0 Å². The molecular formula is C80H88BBrCl6F8N4NaO7S. The Kier molecular flexibility index (Phi) is 53.1. The number of carbonyl (C=O) groups is 2. The summed E-state index contributed by atoms with van der Waals surface area (Å²) in [6, 6.07) is 50.6. The minimum atomic E-state index is -1.67. The summed E-state index contributed by atoms with van der Waals surface area (Å²) in [5.74, 6) is -6.38. The maximum atomic E-state index is 13.3. The molecule has 29 heteroatoms. The maximum absolute atomic E-state index is 13.3. The number of carbonyl (C=O) groups excluding carboxylic acids is 2. The predicted molar refractivity (Wildman–Crippen MR) is 429 cm³/mol. The van der Waals surface area contributed by atoms with Gasteiger partial charge in [0.05, 0.1) is 47.3 Å². The first-order chi connectivity index (χ1) is 50.9. The molecule has 0 fully saturated rings. The zero-order chi connectivity index (χ0) is 79.5. The molecule has 0 aromatic heterocycles. The van der Waals surface area contributed by atoms with Gasteiger partial charge in [-0.1, -0.05) is 189 Å². The number of nitrogen functional groups attached to an aromatic ring is 1. The van der Waals surface area contributed by atoms with Crippen molar-refractivity contribution in [2.24, 2.45) is 0 Å². The molecule has 0 amide bonds. The van der Waals surface area contributed by atoms with Gasteiger partial charge in [0, 0.05) is 111 Å². The Labute approximate surface area is 699 Å². The van der Waals surface area contributed by atoms with E-state index < -0.39 is 61.9 Å². The van der Waals surface area contributed by atoms with Crippen molar-refractivity contribution in [3.05, 3.63) is 311 Å². The summed E-state index contributed by atoms with van der Waals surface area (Å²) >= 11 is 26.6. The average Bonchev–Trinajstić information content (AvgIpc) is 0.879. The fourth-order valence-corrected chi connectivity index (χ4v) is 11.0. The van der Waals surface area contributed by atoms with Crippen molar-refractivity contribution >= 4 is 119 Å². The number of nitrogens with zero attached hydrogens (tertiary/aromatic N) is 3. The minimum absolute atomic E-state index is 0. The SMILES string of the molecule is Cc1ccc(C(=O)CBr)cc1.Cc1ccc(C(=O)CN(CCO)Cc2ccc(F)c(F)c2)cc1.Cc1ccc(C(Cl)CN(CCCl)Cc2ccc(F)c(F)c2)cc1.Cc1ccc(C(O)CN(CCO)Cc2ccc(F)c(F)c2)cc1.Nc1ccc(Cl)cc1Cl.O=S(Cl)Cl.OCCCCCc1ccc(F)c(F)c1.[B].[H-].[Na+]. The number of unbranched alkanes of at least 4 members (excludes halogenated alkanes) is 2. The molecule has 0 bridgehead atoms. The number of aryl methyl sites for hydroxylation is 5. The number of nitrogens with two attached hydrogens (primary N) is 1. The average molecular weight is 1730 g/mol. The molecule has 2 atom stereocenters. The first-order valence-electron chi connectivity index (χ1n) is 33.4. The van der Waals surface area contributed by atoms with Crippen molar-refractivity contribution in [2.45, 2.75) is 84.5 Å². The summed E-state index contributed by atoms with van der Waals surface area (Å²) in [4.78, 5) is 28.9. The van der Waals surface area contributed by atoms with Crippen LogP contribution >= 0.6 is 83.7 Å². The predicted octanol–water partition coefficient (Wildman–Crippen LogP) is 16.6. The van der Waals surface area contributed by atoms with Crippen LogP contribution in [-0.2, 0) is 35.3 Å². The second-order valence-electron chi connectivity index (χ2n) is 24.2. The van der Waals surface area contributed by atoms with Gasteiger partial charge >= 0.3 is 29.6 Å². The number of hydrogen-bond acceptors (Lipinski definition) is 11. The summed E-state index contributed by atoms with van der Waals surface area (Å²) in [5, 5.41) is 38.5. The number of aliphatic hydroxyl groups is 4. The Morgan fingerprint density at radius 2 is 0.853 bits per heavy atom. The van der Waals surface area contributed by atoms with Crippen LogP contribution in [0.25, 0.3) is 0 Å². The number of Topliss-reactive ketones (excluding diaryl/α,β-unsaturated/α-hetero) is 2. The van der Waals surface area contributed by atoms with E-state index >= 15 is 0 Å². The van der Waals surface area contributed by atoms with E-state index in [1.54, 1.807) is 52.3 Å². The molecule has 2 unspecified atom stereocenters. The molecule has 0 aliphatic carbocycles. The molecule has 0 saturated heterocycles. The molecule has 585 valence electrons. The third kappa shape index (κ3) is 42.4. The summed E-state index contributed by atoms with van der Waals surface area (Å²) < 4.78 is 113. The van der Waals surface area contributed by atoms with Gasteiger partial charge in [-0.25, -0.2) is 39.3 Å². The van der Waals surface area contributed by atoms with E-state index in [9.17, 15) is 54.9 Å². The van der Waals surface area contributed by atoms with E-state index in [1.807, 2.05) is 118 Å². The molecule has 9 rings (SSSR count). The van der Waals surface area contributed by atoms with Gasteiger partial charge in [0.2, 0.25) is 9.23 Å². The molecule has 3 radical (unpaired) electrons. The first kappa shape index (κ1) is 102. The number of halogens is 15. The van der Waals surface area contributed by atoms with E-state index in [2.05, 4.69) is 37.3 Å². The Bertz CT molecular complexity index is 4030. The number of aliphatic hydroxyl groups excluding tert-OH is 4. The molecule has 0 spiro atoms. The molecule has 0 aliphatic heterocycles. The van der Waals surface area contributed by atoms with Crippen molar-refractivity contribution in [3.63, 3.8) is 0 Å². The van der Waals surface area contributed by atoms with Gasteiger partial charge in [0.1, 0.15) is 0 Å². The fourth-order valence-electron chi connectivity index (χ4n) is 9.69. The zero-order valence-electron chi connectivity index (χ0n) is 61.9. The van der Waals surface area contributed by atoms with Crippen molar-refractivity contribution in [3.8, 4) is 0 Å². The van der Waals surface area contributed by atoms with Gasteiger partial charge in [0.25, 0.3) is 0 Å². The van der Waals surface area contributed by atoms with E-state index in [-0.39, 0.29) is 95.8 Å². The molecule has 6 N–H and O–H groups in total. The van der Waals surface area contributed by atoms with Gasteiger partial charge < -0.3 is 27.6 Å². The summed E-state index contributed by atoms with van der Waals surface area (Å²) in [7, 11) is 7.36. The number of anilines is 1. The monoisotopic (exact) mass is 1720 g/mol. The van der Waals surface area contributed by atoms with Crippen LogP contribution in [0.5, 0.6) is 0 Å². The molecule has 0 aliphatic rings. The van der Waals surface area contributed by atoms with Crippen LogP contribution in [-0.4, -0.2) is 130 Å². The topological polar surface area (TPSA) is 168 Å². The number of benzene rings is 9. The third-order valence-electron chi connectivity index (χ3n) is 15.5. The van der Waals surface area contributed by atoms with Gasteiger partial charge in [-0.3, -0.25) is 24.3 Å². The quantitative estimate of drug-likeness (QED) is 0.00602. The van der Waals surface area contributed by atoms with Crippen LogP contribution in [0, 0.1) is 74.2 Å². The second kappa shape index (κ2) is 56.9. The Morgan fingerprint density at radius 3 is 1.23 bits per heavy atom. The molecule has 11 nitrogen and oxygen atoms in total. The van der Waals surface area contributed by atoms with Crippen molar-refractivity contribution in [2.75, 3.05) is 76.0 Å². The van der Waals surface area contributed by atoms with E-state index in [4.69, 9.17) is 66.6 Å². The largest absolute Gasteiger partial charge is 1.00 e. The summed E-state index contributed by atoms with van der Waals surface area (Å²) in [5.41, 5.74) is 16.3. The van der Waals surface area contributed by atoms with Crippen LogP contribution < -0.4 is 35.3 Å². The number of rotatable bonds is 28. The zero-order valence-corrected chi connectivity index (χ0v) is 69.8. The molecule has 9 aromatic carbocycles. The van der Waals surface area contributed by atoms with E-state index in [0.29, 0.717) is 88.5 Å². The molecule has 9 aromatic rings. The van der Waals surface area contributed by atoms with Crippen molar-refractivity contribution in [1.29, 1.82) is 0 Å². The van der Waals surface area contributed by atoms with Crippen molar-refractivity contribution in [1.82, 2.24) is 14.7 Å². The van der Waals surface area contributed by atoms with Gasteiger partial charge in [-0.15, -0.1) is 23.2 Å². The number of alkyl halides is 3. The molecular weight excluding hydrogens is 1640 g/mol. The Balaban J connectivity index is 0.00000131. The smallest absolute Gasteiger partial charge is 1.00 e. The van der Waals surface area contributed by atoms with E-state index in [1.165, 1.54) is 35.4 Å². The van der Waals surface area contributed by atoms with Gasteiger partial charge in [0.15, 0.2) is 58.1 Å². The first-order valence-corrected chi connectivity index (χ1v) is 39.0. The normalized spacial score (nSPS) is 11.1. The van der Waals surface area contributed by atoms with Crippen LogP contribution in [0.4, 0.5) is 40.8 Å². The standard InChI is InChI=1S/C18H19Cl2F2N.C18H21F2NO2.C18H19F2NO2.C11H14F2O.C9H9BrO.C6H5Cl2N.B.Cl2OS.Na.H/c1-13-2-5-15(6-3-13)16(20)12-23(9-8-19)11-14-4-7-17(21)18(22)10-14;2*1-13-2-5-15(6-3-13)18(23)12-21(8-9-22)11-14-4-7-16(19)17(20)10-14;12-10-6-5-9(8-11(10)13)4-2-1-3-7-14;1-7-2-4-8(5-3-7)9(11)6-10;7-4-1-2-6(9)5(8)3-4;;1-4(2)3;;/h2-7,10,16H,8-9,11-12H2,1H3;2-7,10,18,22-23H,8-9,11-12H2,1H3;2-7,10,22H,8-9,11-12H2,1H3;5-6,8,14H,1-4,7H2;2-5H,6H2,1H3;1-3H,9H2;;;;/q;;;;;;;;+1;-1. The molecule has 0 heterocycles. The summed E-state index contributed by atoms with van der Waals surface area (Å²) in [6.45, 7) is 11.2. The van der Waals surface area contributed by atoms with Crippen molar-refractivity contribution < 1.29 is 100 Å². The van der Waals surface area contributed by atoms with Crippen LogP contribution in [0.1, 0.15) is 109 Å². The van der Waals surface area contributed by atoms with Gasteiger partial charge in [-0.05, 0) is 147 Å². The fraction of sp³-hybridized carbons (Fsp3) is 0.300. The number of hydrogen-bond donors (Lipinski definition) is 5. The maximum Gasteiger partial charge on any atom is 1.00 e. The molecule has 109 heavy (non-hydrogen) atoms. The van der Waals surface area contributed by atoms with Crippen LogP contribution in [0.2, 0.25) is 10.0 Å². The van der Waals surface area contributed by atoms with E-state index in [0.717, 1.165) is 95.5 Å². The Morgan fingerprint density at radius 1 is 0.486 bits per heavy atom. The Hall–Kier alpha value is -5.29. The third-order valence-corrected chi connectivity index (χ3v) is 17.1. The van der Waals surface area contributed by atoms with Crippen LogP contribution in [0.15, 0.2) is 188 Å². The molecule has 0 saturated carbocycles. The number of ketones is 2. The summed E-state index contributed by atoms with van der Waals surface area (Å²) in [6.07, 6.45) is 2.59. The van der Waals surface area contributed by atoms with Crippen LogP contribution in [0.3, 0.4) is 0 Å².